The zero-order chi connectivity index (χ0) is 17.6. The van der Waals surface area contributed by atoms with Crippen LogP contribution >= 0.6 is 0 Å². The van der Waals surface area contributed by atoms with Crippen molar-refractivity contribution in [3.63, 3.8) is 0 Å². The maximum atomic E-state index is 12.0. The van der Waals surface area contributed by atoms with E-state index in [1.807, 2.05) is 40.9 Å². The molecule has 0 fully saturated rings. The lowest BCUT2D eigenvalue weighted by atomic mass is 10.2. The summed E-state index contributed by atoms with van der Waals surface area (Å²) in [6, 6.07) is 11.0. The second-order valence-electron chi connectivity index (χ2n) is 5.24. The Morgan fingerprint density at radius 1 is 1.16 bits per heavy atom. The first-order valence-corrected chi connectivity index (χ1v) is 7.67. The SMILES string of the molecule is COc1cc(/C=C/C(=O)NCc2nnc3ccccn23)cc(OC)c1. The summed E-state index contributed by atoms with van der Waals surface area (Å²) in [5.74, 6) is 1.76. The van der Waals surface area contributed by atoms with Gasteiger partial charge in [0.05, 0.1) is 20.8 Å². The van der Waals surface area contributed by atoms with Gasteiger partial charge in [0.15, 0.2) is 11.5 Å². The van der Waals surface area contributed by atoms with Crippen LogP contribution < -0.4 is 14.8 Å². The molecule has 1 aromatic carbocycles. The molecular weight excluding hydrogens is 320 g/mol. The van der Waals surface area contributed by atoms with Crippen LogP contribution in [0, 0.1) is 0 Å². The van der Waals surface area contributed by atoms with Crippen molar-refractivity contribution in [1.82, 2.24) is 19.9 Å². The fraction of sp³-hybridized carbons (Fsp3) is 0.167. The monoisotopic (exact) mass is 338 g/mol. The predicted octanol–water partition coefficient (Wildman–Crippen LogP) is 2.08. The number of benzene rings is 1. The minimum absolute atomic E-state index is 0.227. The standard InChI is InChI=1S/C18H18N4O3/c1-24-14-9-13(10-15(11-14)25-2)6-7-18(23)19-12-17-21-20-16-5-3-4-8-22(16)17/h3-11H,12H2,1-2H3,(H,19,23)/b7-6+. The molecule has 0 atom stereocenters. The molecule has 7 heteroatoms. The summed E-state index contributed by atoms with van der Waals surface area (Å²) >= 11 is 0. The maximum Gasteiger partial charge on any atom is 0.244 e. The number of pyridine rings is 1. The molecule has 3 rings (SSSR count). The fourth-order valence-electron chi connectivity index (χ4n) is 2.33. The molecule has 1 amide bonds. The van der Waals surface area contributed by atoms with Gasteiger partial charge in [-0.15, -0.1) is 10.2 Å². The second-order valence-corrected chi connectivity index (χ2v) is 5.24. The van der Waals surface area contributed by atoms with Crippen LogP contribution in [0.15, 0.2) is 48.7 Å². The lowest BCUT2D eigenvalue weighted by Crippen LogP contribution is -2.21. The number of fused-ring (bicyclic) bond motifs is 1. The topological polar surface area (TPSA) is 77.8 Å². The van der Waals surface area contributed by atoms with E-state index in [1.54, 1.807) is 26.4 Å². The first-order valence-electron chi connectivity index (χ1n) is 7.67. The van der Waals surface area contributed by atoms with Crippen molar-refractivity contribution in [1.29, 1.82) is 0 Å². The molecule has 3 aromatic rings. The average molecular weight is 338 g/mol. The molecule has 2 heterocycles. The van der Waals surface area contributed by atoms with Crippen molar-refractivity contribution in [3.05, 3.63) is 60.1 Å². The van der Waals surface area contributed by atoms with E-state index in [0.29, 0.717) is 17.3 Å². The van der Waals surface area contributed by atoms with Crippen molar-refractivity contribution in [2.75, 3.05) is 14.2 Å². The molecule has 0 aliphatic carbocycles. The van der Waals surface area contributed by atoms with Gasteiger partial charge < -0.3 is 14.8 Å². The van der Waals surface area contributed by atoms with Crippen LogP contribution in [0.5, 0.6) is 11.5 Å². The third-order valence-corrected chi connectivity index (χ3v) is 3.61. The van der Waals surface area contributed by atoms with Gasteiger partial charge in [0.2, 0.25) is 5.91 Å². The summed E-state index contributed by atoms with van der Waals surface area (Å²) in [5, 5.41) is 10.9. The highest BCUT2D eigenvalue weighted by Gasteiger charge is 2.05. The highest BCUT2D eigenvalue weighted by Crippen LogP contribution is 2.23. The predicted molar refractivity (Wildman–Crippen MR) is 93.4 cm³/mol. The van der Waals surface area contributed by atoms with E-state index in [4.69, 9.17) is 9.47 Å². The molecule has 7 nitrogen and oxygen atoms in total. The van der Waals surface area contributed by atoms with Gasteiger partial charge in [-0.05, 0) is 35.9 Å². The van der Waals surface area contributed by atoms with E-state index in [1.165, 1.54) is 6.08 Å². The Hall–Kier alpha value is -3.35. The van der Waals surface area contributed by atoms with E-state index in [9.17, 15) is 4.79 Å². The van der Waals surface area contributed by atoms with Gasteiger partial charge in [0, 0.05) is 18.3 Å². The van der Waals surface area contributed by atoms with Crippen molar-refractivity contribution < 1.29 is 14.3 Å². The number of nitrogens with zero attached hydrogens (tertiary/aromatic N) is 3. The van der Waals surface area contributed by atoms with E-state index in [0.717, 1.165) is 11.2 Å². The Balaban J connectivity index is 1.65. The first-order chi connectivity index (χ1) is 12.2. The largest absolute Gasteiger partial charge is 0.497 e. The van der Waals surface area contributed by atoms with Crippen molar-refractivity contribution in [2.24, 2.45) is 0 Å². The molecule has 0 saturated carbocycles. The summed E-state index contributed by atoms with van der Waals surface area (Å²) in [6.07, 6.45) is 5.01. The molecule has 25 heavy (non-hydrogen) atoms. The number of rotatable bonds is 6. The van der Waals surface area contributed by atoms with Crippen LogP contribution in [0.2, 0.25) is 0 Å². The van der Waals surface area contributed by atoms with Crippen LogP contribution in [0.1, 0.15) is 11.4 Å². The maximum absolute atomic E-state index is 12.0. The lowest BCUT2D eigenvalue weighted by Gasteiger charge is -2.05. The molecule has 0 aliphatic rings. The number of amides is 1. The number of ether oxygens (including phenoxy) is 2. The zero-order valence-corrected chi connectivity index (χ0v) is 14.0. The van der Waals surface area contributed by atoms with Gasteiger partial charge in [0.1, 0.15) is 11.5 Å². The Morgan fingerprint density at radius 2 is 1.92 bits per heavy atom. The lowest BCUT2D eigenvalue weighted by molar-refractivity contribution is -0.116. The summed E-state index contributed by atoms with van der Waals surface area (Å²) < 4.78 is 12.2. The number of hydrogen-bond donors (Lipinski definition) is 1. The number of carbonyl (C=O) groups excluding carboxylic acids is 1. The van der Waals surface area contributed by atoms with Gasteiger partial charge in [0.25, 0.3) is 0 Å². The summed E-state index contributed by atoms with van der Waals surface area (Å²) in [7, 11) is 3.16. The summed E-state index contributed by atoms with van der Waals surface area (Å²) in [6.45, 7) is 0.287. The van der Waals surface area contributed by atoms with Crippen LogP contribution in [-0.2, 0) is 11.3 Å². The smallest absolute Gasteiger partial charge is 0.244 e. The van der Waals surface area contributed by atoms with Crippen LogP contribution in [0.25, 0.3) is 11.7 Å². The summed E-state index contributed by atoms with van der Waals surface area (Å²) in [5.41, 5.74) is 1.55. The molecular formula is C18H18N4O3. The second kappa shape index (κ2) is 7.48. The molecule has 2 aromatic heterocycles. The van der Waals surface area contributed by atoms with Gasteiger partial charge in [-0.3, -0.25) is 9.20 Å². The normalized spacial score (nSPS) is 11.0. The Labute approximate surface area is 144 Å². The van der Waals surface area contributed by atoms with Gasteiger partial charge >= 0.3 is 0 Å². The van der Waals surface area contributed by atoms with E-state index < -0.39 is 0 Å². The third kappa shape index (κ3) is 3.95. The highest BCUT2D eigenvalue weighted by atomic mass is 16.5. The number of nitrogens with one attached hydrogen (secondary N) is 1. The van der Waals surface area contributed by atoms with Crippen molar-refractivity contribution in [3.8, 4) is 11.5 Å². The molecule has 0 unspecified atom stereocenters. The quantitative estimate of drug-likeness (QED) is 0.696. The minimum atomic E-state index is -0.227. The van der Waals surface area contributed by atoms with Crippen LogP contribution in [0.3, 0.4) is 0 Å². The van der Waals surface area contributed by atoms with E-state index >= 15 is 0 Å². The molecule has 0 bridgehead atoms. The Bertz CT molecular complexity index is 895. The summed E-state index contributed by atoms with van der Waals surface area (Å²) in [4.78, 5) is 12.0. The van der Waals surface area contributed by atoms with Crippen molar-refractivity contribution >= 4 is 17.6 Å². The molecule has 0 spiro atoms. The van der Waals surface area contributed by atoms with Crippen LogP contribution in [0.4, 0.5) is 0 Å². The zero-order valence-electron chi connectivity index (χ0n) is 14.0. The van der Waals surface area contributed by atoms with E-state index in [-0.39, 0.29) is 12.5 Å². The van der Waals surface area contributed by atoms with Gasteiger partial charge in [-0.25, -0.2) is 0 Å². The number of carbonyl (C=O) groups is 1. The minimum Gasteiger partial charge on any atom is -0.497 e. The van der Waals surface area contributed by atoms with Crippen molar-refractivity contribution in [2.45, 2.75) is 6.54 Å². The first kappa shape index (κ1) is 16.5. The van der Waals surface area contributed by atoms with Crippen LogP contribution in [-0.4, -0.2) is 34.7 Å². The molecule has 128 valence electrons. The highest BCUT2D eigenvalue weighted by molar-refractivity contribution is 5.91. The number of methoxy groups -OCH3 is 2. The van der Waals surface area contributed by atoms with Gasteiger partial charge in [-0.2, -0.15) is 0 Å². The number of hydrogen-bond acceptors (Lipinski definition) is 5. The third-order valence-electron chi connectivity index (χ3n) is 3.61. The molecule has 0 radical (unpaired) electrons. The molecule has 0 saturated heterocycles. The molecule has 0 aliphatic heterocycles. The fourth-order valence-corrected chi connectivity index (χ4v) is 2.33. The van der Waals surface area contributed by atoms with E-state index in [2.05, 4.69) is 15.5 Å². The Kier molecular flexibility index (Phi) is 4.94. The molecule has 1 N–H and O–H groups in total. The Morgan fingerprint density at radius 3 is 2.64 bits per heavy atom. The number of aromatic nitrogens is 3. The van der Waals surface area contributed by atoms with Gasteiger partial charge in [-0.1, -0.05) is 6.07 Å². The average Bonchev–Trinajstić information content (AvgIpc) is 3.07.